The third-order valence-corrected chi connectivity index (χ3v) is 2.53. The van der Waals surface area contributed by atoms with Crippen molar-refractivity contribution in [3.8, 4) is 0 Å². The number of nitrogens with one attached hydrogen (secondary N) is 3. The lowest BCUT2D eigenvalue weighted by Crippen LogP contribution is -2.49. The molecule has 0 aromatic rings. The van der Waals surface area contributed by atoms with Gasteiger partial charge in [0.1, 0.15) is 11.6 Å². The first-order chi connectivity index (χ1) is 8.28. The summed E-state index contributed by atoms with van der Waals surface area (Å²) in [5.41, 5.74) is -0.560. The quantitative estimate of drug-likeness (QED) is 0.683. The summed E-state index contributed by atoms with van der Waals surface area (Å²) in [6.45, 7) is 8.68. The molecule has 6 nitrogen and oxygen atoms in total. The van der Waals surface area contributed by atoms with Crippen LogP contribution in [-0.4, -0.2) is 42.8 Å². The highest BCUT2D eigenvalue weighted by atomic mass is 16.6. The summed E-state index contributed by atoms with van der Waals surface area (Å²) in [6, 6.07) is -0.444. The molecule has 1 rings (SSSR count). The van der Waals surface area contributed by atoms with Gasteiger partial charge in [-0.1, -0.05) is 0 Å². The second kappa shape index (κ2) is 6.04. The van der Waals surface area contributed by atoms with Gasteiger partial charge < -0.3 is 20.7 Å². The molecule has 0 radical (unpaired) electrons. The number of amides is 2. The van der Waals surface area contributed by atoms with E-state index in [2.05, 4.69) is 16.0 Å². The maximum atomic E-state index is 11.8. The molecule has 1 heterocycles. The third-order valence-electron chi connectivity index (χ3n) is 2.53. The van der Waals surface area contributed by atoms with E-state index in [0.29, 0.717) is 0 Å². The van der Waals surface area contributed by atoms with Gasteiger partial charge in [0, 0.05) is 12.6 Å². The summed E-state index contributed by atoms with van der Waals surface area (Å²) in [5, 5.41) is 8.55. The molecule has 3 N–H and O–H groups in total. The van der Waals surface area contributed by atoms with Gasteiger partial charge in [-0.05, 0) is 40.7 Å². The van der Waals surface area contributed by atoms with Crippen LogP contribution in [0, 0.1) is 0 Å². The van der Waals surface area contributed by atoms with E-state index < -0.39 is 17.7 Å². The lowest BCUT2D eigenvalue weighted by Gasteiger charge is -2.22. The topological polar surface area (TPSA) is 79.5 Å². The number of alkyl carbamates (subject to hydrolysis) is 1. The molecule has 0 saturated carbocycles. The Hall–Kier alpha value is -1.30. The van der Waals surface area contributed by atoms with Crippen LogP contribution in [-0.2, 0) is 9.53 Å². The van der Waals surface area contributed by atoms with Crippen LogP contribution in [0.1, 0.15) is 34.1 Å². The van der Waals surface area contributed by atoms with Gasteiger partial charge in [0.15, 0.2) is 0 Å². The Labute approximate surface area is 108 Å². The number of rotatable bonds is 3. The van der Waals surface area contributed by atoms with Crippen LogP contribution in [0.5, 0.6) is 0 Å². The van der Waals surface area contributed by atoms with Crippen molar-refractivity contribution in [2.45, 2.75) is 51.8 Å². The Morgan fingerprint density at radius 3 is 2.56 bits per heavy atom. The third kappa shape index (κ3) is 5.35. The minimum absolute atomic E-state index is 0.153. The zero-order valence-corrected chi connectivity index (χ0v) is 11.5. The average molecular weight is 257 g/mol. The van der Waals surface area contributed by atoms with Crippen LogP contribution in [0.15, 0.2) is 0 Å². The number of hydrogen-bond acceptors (Lipinski definition) is 4. The Morgan fingerprint density at radius 1 is 1.39 bits per heavy atom. The largest absolute Gasteiger partial charge is 0.444 e. The van der Waals surface area contributed by atoms with Crippen LogP contribution in [0.2, 0.25) is 0 Å². The SMILES string of the molecule is C[C@H](NC(=O)OC(C)(C)C)C(=O)NC1CCNC1. The molecule has 2 atom stereocenters. The Kier molecular flexibility index (Phi) is 4.95. The molecule has 0 bridgehead atoms. The van der Waals surface area contributed by atoms with Gasteiger partial charge in [-0.15, -0.1) is 0 Å². The van der Waals surface area contributed by atoms with Crippen molar-refractivity contribution < 1.29 is 14.3 Å². The minimum Gasteiger partial charge on any atom is -0.444 e. The summed E-state index contributed by atoms with van der Waals surface area (Å²) < 4.78 is 5.09. The van der Waals surface area contributed by atoms with Gasteiger partial charge in [-0.2, -0.15) is 0 Å². The first kappa shape index (κ1) is 14.8. The molecule has 1 fully saturated rings. The molecule has 0 aromatic heterocycles. The van der Waals surface area contributed by atoms with Crippen molar-refractivity contribution in [2.24, 2.45) is 0 Å². The van der Waals surface area contributed by atoms with E-state index in [1.807, 2.05) is 0 Å². The first-order valence-corrected chi connectivity index (χ1v) is 6.28. The minimum atomic E-state index is -0.597. The highest BCUT2D eigenvalue weighted by molar-refractivity contribution is 5.85. The number of hydrogen-bond donors (Lipinski definition) is 3. The van der Waals surface area contributed by atoms with E-state index in [0.717, 1.165) is 19.5 Å². The maximum Gasteiger partial charge on any atom is 0.408 e. The Bertz CT molecular complexity index is 306. The normalized spacial score (nSPS) is 21.2. The standard InChI is InChI=1S/C12H23N3O3/c1-8(14-11(17)18-12(2,3)4)10(16)15-9-5-6-13-7-9/h8-9,13H,5-7H2,1-4H3,(H,14,17)(H,15,16)/t8-,9?/m0/s1. The second-order valence-electron chi connectivity index (χ2n) is 5.57. The Morgan fingerprint density at radius 2 is 2.06 bits per heavy atom. The van der Waals surface area contributed by atoms with Crippen molar-refractivity contribution in [3.63, 3.8) is 0 Å². The summed E-state index contributed by atoms with van der Waals surface area (Å²) in [5.74, 6) is -0.186. The number of ether oxygens (including phenoxy) is 1. The van der Waals surface area contributed by atoms with Crippen molar-refractivity contribution in [1.82, 2.24) is 16.0 Å². The monoisotopic (exact) mass is 257 g/mol. The van der Waals surface area contributed by atoms with E-state index in [1.165, 1.54) is 0 Å². The molecular weight excluding hydrogens is 234 g/mol. The predicted octanol–water partition coefficient (Wildman–Crippen LogP) is 0.378. The van der Waals surface area contributed by atoms with Crippen LogP contribution in [0.3, 0.4) is 0 Å². The maximum absolute atomic E-state index is 11.8. The molecule has 1 unspecified atom stereocenters. The zero-order chi connectivity index (χ0) is 13.8. The summed E-state index contributed by atoms with van der Waals surface area (Å²) >= 11 is 0. The molecular formula is C12H23N3O3. The zero-order valence-electron chi connectivity index (χ0n) is 11.5. The molecule has 104 valence electrons. The highest BCUT2D eigenvalue weighted by Crippen LogP contribution is 2.06. The molecule has 1 aliphatic rings. The van der Waals surface area contributed by atoms with E-state index in [9.17, 15) is 9.59 Å². The Balaban J connectivity index is 2.32. The van der Waals surface area contributed by atoms with Crippen LogP contribution in [0.4, 0.5) is 4.79 Å². The molecule has 0 spiro atoms. The van der Waals surface area contributed by atoms with Gasteiger partial charge in [0.05, 0.1) is 0 Å². The predicted molar refractivity (Wildman–Crippen MR) is 68.2 cm³/mol. The molecule has 2 amide bonds. The molecule has 1 saturated heterocycles. The van der Waals surface area contributed by atoms with Crippen LogP contribution in [0.25, 0.3) is 0 Å². The summed E-state index contributed by atoms with van der Waals surface area (Å²) in [7, 11) is 0. The molecule has 18 heavy (non-hydrogen) atoms. The van der Waals surface area contributed by atoms with Gasteiger partial charge in [-0.25, -0.2) is 4.79 Å². The van der Waals surface area contributed by atoms with E-state index in [1.54, 1.807) is 27.7 Å². The number of carbonyl (C=O) groups is 2. The molecule has 0 aromatic carbocycles. The van der Waals surface area contributed by atoms with Crippen LogP contribution >= 0.6 is 0 Å². The molecule has 6 heteroatoms. The first-order valence-electron chi connectivity index (χ1n) is 6.28. The van der Waals surface area contributed by atoms with E-state index in [-0.39, 0.29) is 11.9 Å². The number of carbonyl (C=O) groups excluding carboxylic acids is 2. The lowest BCUT2D eigenvalue weighted by molar-refractivity contribution is -0.123. The fraction of sp³-hybridized carbons (Fsp3) is 0.833. The second-order valence-corrected chi connectivity index (χ2v) is 5.57. The van der Waals surface area contributed by atoms with Crippen molar-refractivity contribution in [2.75, 3.05) is 13.1 Å². The summed E-state index contributed by atoms with van der Waals surface area (Å²) in [4.78, 5) is 23.3. The van der Waals surface area contributed by atoms with Crippen molar-refractivity contribution >= 4 is 12.0 Å². The van der Waals surface area contributed by atoms with Gasteiger partial charge in [0.2, 0.25) is 5.91 Å². The van der Waals surface area contributed by atoms with E-state index in [4.69, 9.17) is 4.74 Å². The summed E-state index contributed by atoms with van der Waals surface area (Å²) in [6.07, 6.45) is 0.347. The fourth-order valence-electron chi connectivity index (χ4n) is 1.65. The van der Waals surface area contributed by atoms with E-state index >= 15 is 0 Å². The van der Waals surface area contributed by atoms with Gasteiger partial charge >= 0.3 is 6.09 Å². The molecule has 0 aliphatic carbocycles. The van der Waals surface area contributed by atoms with Crippen molar-refractivity contribution in [3.05, 3.63) is 0 Å². The van der Waals surface area contributed by atoms with Crippen molar-refractivity contribution in [1.29, 1.82) is 0 Å². The smallest absolute Gasteiger partial charge is 0.408 e. The lowest BCUT2D eigenvalue weighted by atomic mass is 10.2. The average Bonchev–Trinajstić information content (AvgIpc) is 2.66. The highest BCUT2D eigenvalue weighted by Gasteiger charge is 2.23. The molecule has 1 aliphatic heterocycles. The fourth-order valence-corrected chi connectivity index (χ4v) is 1.65. The van der Waals surface area contributed by atoms with Gasteiger partial charge in [-0.3, -0.25) is 4.79 Å². The van der Waals surface area contributed by atoms with Crippen LogP contribution < -0.4 is 16.0 Å². The van der Waals surface area contributed by atoms with Gasteiger partial charge in [0.25, 0.3) is 0 Å².